The number of nitrogens with one attached hydrogen (secondary N) is 1. The molecule has 7 heteroatoms. The van der Waals surface area contributed by atoms with Crippen LogP contribution in [0.1, 0.15) is 16.5 Å². The summed E-state index contributed by atoms with van der Waals surface area (Å²) in [5.74, 6) is 0. The molecule has 0 aliphatic rings. The Balaban J connectivity index is 1.96. The van der Waals surface area contributed by atoms with Gasteiger partial charge in [0.15, 0.2) is 0 Å². The summed E-state index contributed by atoms with van der Waals surface area (Å²) in [6, 6.07) is 8.86. The maximum atomic E-state index is 12.4. The first kappa shape index (κ1) is 14.0. The highest BCUT2D eigenvalue weighted by Crippen LogP contribution is 2.29. The zero-order valence-electron chi connectivity index (χ0n) is 10.2. The summed E-state index contributed by atoms with van der Waals surface area (Å²) in [5, 5.41) is 7.64. The second-order valence-electron chi connectivity index (χ2n) is 4.06. The molecule has 0 aliphatic carbocycles. The van der Waals surface area contributed by atoms with E-state index in [1.807, 2.05) is 34.3 Å². The second kappa shape index (κ2) is 5.79. The van der Waals surface area contributed by atoms with Crippen molar-refractivity contribution in [3.63, 3.8) is 0 Å². The third kappa shape index (κ3) is 2.87. The van der Waals surface area contributed by atoms with Crippen molar-refractivity contribution in [3.8, 4) is 0 Å². The summed E-state index contributed by atoms with van der Waals surface area (Å²) in [6.07, 6.45) is 0. The lowest BCUT2D eigenvalue weighted by Crippen LogP contribution is -2.28. The molecule has 1 N–H and O–H groups in total. The van der Waals surface area contributed by atoms with Crippen molar-refractivity contribution in [2.45, 2.75) is 10.3 Å². The Morgan fingerprint density at radius 1 is 1.00 bits per heavy atom. The van der Waals surface area contributed by atoms with Gasteiger partial charge in [-0.3, -0.25) is 0 Å². The Hall–Kier alpha value is -0.990. The van der Waals surface area contributed by atoms with Crippen LogP contribution >= 0.6 is 34.0 Å². The Kier molecular flexibility index (Phi) is 4.04. The van der Waals surface area contributed by atoms with Gasteiger partial charge in [-0.2, -0.15) is 16.1 Å². The summed E-state index contributed by atoms with van der Waals surface area (Å²) in [5.41, 5.74) is 0.970. The van der Waals surface area contributed by atoms with Gasteiger partial charge >= 0.3 is 0 Å². The quantitative estimate of drug-likeness (QED) is 0.764. The Labute approximate surface area is 129 Å². The van der Waals surface area contributed by atoms with Gasteiger partial charge in [0.2, 0.25) is 0 Å². The van der Waals surface area contributed by atoms with E-state index in [1.54, 1.807) is 40.2 Å². The molecule has 0 radical (unpaired) electrons. The molecule has 0 aliphatic heterocycles. The van der Waals surface area contributed by atoms with Crippen LogP contribution in [0.2, 0.25) is 0 Å². The van der Waals surface area contributed by atoms with Crippen LogP contribution in [0, 0.1) is 0 Å². The largest absolute Gasteiger partial charge is 0.250 e. The molecule has 0 fully saturated rings. The first-order valence-corrected chi connectivity index (χ1v) is 9.97. The second-order valence-corrected chi connectivity index (χ2v) is 8.71. The lowest BCUT2D eigenvalue weighted by Gasteiger charge is -2.16. The van der Waals surface area contributed by atoms with Gasteiger partial charge < -0.3 is 0 Å². The SMILES string of the molecule is O=S(=O)(N[C@H](c1ccsc1)c1cccs1)c1cccs1. The minimum absolute atomic E-state index is 0.326. The highest BCUT2D eigenvalue weighted by Gasteiger charge is 2.24. The standard InChI is InChI=1S/C13H11NO2S4/c15-20(16,12-4-2-7-19-12)14-13(10-5-8-17-9-10)11-3-1-6-18-11/h1-9,13-14H/t13-/m1/s1. The van der Waals surface area contributed by atoms with E-state index in [-0.39, 0.29) is 6.04 Å². The Bertz CT molecular complexity index is 709. The van der Waals surface area contributed by atoms with Crippen LogP contribution in [0.5, 0.6) is 0 Å². The molecule has 0 aromatic carbocycles. The van der Waals surface area contributed by atoms with Crippen LogP contribution in [0.3, 0.4) is 0 Å². The van der Waals surface area contributed by atoms with E-state index in [0.717, 1.165) is 10.4 Å². The van der Waals surface area contributed by atoms with Crippen molar-refractivity contribution in [1.29, 1.82) is 0 Å². The maximum Gasteiger partial charge on any atom is 0.250 e. The van der Waals surface area contributed by atoms with Gasteiger partial charge in [0.1, 0.15) is 4.21 Å². The number of hydrogen-bond acceptors (Lipinski definition) is 5. The summed E-state index contributed by atoms with van der Waals surface area (Å²) < 4.78 is 27.9. The van der Waals surface area contributed by atoms with Crippen molar-refractivity contribution in [1.82, 2.24) is 4.72 Å². The van der Waals surface area contributed by atoms with Gasteiger partial charge in [0.25, 0.3) is 10.0 Å². The van der Waals surface area contributed by atoms with E-state index in [4.69, 9.17) is 0 Å². The van der Waals surface area contributed by atoms with Crippen LogP contribution in [0.15, 0.2) is 56.1 Å². The monoisotopic (exact) mass is 341 g/mol. The highest BCUT2D eigenvalue weighted by molar-refractivity contribution is 7.91. The number of thiophene rings is 3. The summed E-state index contributed by atoms with van der Waals surface area (Å²) >= 11 is 4.33. The predicted molar refractivity (Wildman–Crippen MR) is 85.1 cm³/mol. The summed E-state index contributed by atoms with van der Waals surface area (Å²) in [6.45, 7) is 0. The van der Waals surface area contributed by atoms with E-state index in [0.29, 0.717) is 4.21 Å². The van der Waals surface area contributed by atoms with Gasteiger partial charge in [-0.1, -0.05) is 12.1 Å². The average Bonchev–Trinajstić information content (AvgIpc) is 3.16. The van der Waals surface area contributed by atoms with Crippen molar-refractivity contribution < 1.29 is 8.42 Å². The van der Waals surface area contributed by atoms with Gasteiger partial charge in [0.05, 0.1) is 6.04 Å². The van der Waals surface area contributed by atoms with E-state index in [9.17, 15) is 8.42 Å². The van der Waals surface area contributed by atoms with Crippen molar-refractivity contribution >= 4 is 44.0 Å². The zero-order valence-corrected chi connectivity index (χ0v) is 13.5. The minimum Gasteiger partial charge on any atom is -0.206 e. The van der Waals surface area contributed by atoms with Crippen LogP contribution < -0.4 is 4.72 Å². The molecule has 20 heavy (non-hydrogen) atoms. The topological polar surface area (TPSA) is 46.2 Å². The van der Waals surface area contributed by atoms with E-state index in [2.05, 4.69) is 4.72 Å². The molecule has 0 amide bonds. The van der Waals surface area contributed by atoms with E-state index in [1.165, 1.54) is 11.3 Å². The third-order valence-electron chi connectivity index (χ3n) is 2.74. The molecular weight excluding hydrogens is 330 g/mol. The number of hydrogen-bond donors (Lipinski definition) is 1. The molecule has 0 bridgehead atoms. The summed E-state index contributed by atoms with van der Waals surface area (Å²) in [7, 11) is -3.49. The molecule has 3 heterocycles. The van der Waals surface area contributed by atoms with Crippen LogP contribution in [0.25, 0.3) is 0 Å². The zero-order chi connectivity index (χ0) is 14.0. The molecule has 1 atom stereocenters. The molecule has 0 spiro atoms. The van der Waals surface area contributed by atoms with Gasteiger partial charge in [0, 0.05) is 4.88 Å². The Morgan fingerprint density at radius 3 is 2.40 bits per heavy atom. The van der Waals surface area contributed by atoms with E-state index >= 15 is 0 Å². The molecule has 3 nitrogen and oxygen atoms in total. The molecule has 104 valence electrons. The first-order chi connectivity index (χ1) is 9.67. The fraction of sp³-hybridized carbons (Fsp3) is 0.0769. The highest BCUT2D eigenvalue weighted by atomic mass is 32.2. The summed E-state index contributed by atoms with van der Waals surface area (Å²) in [4.78, 5) is 0.989. The average molecular weight is 342 g/mol. The smallest absolute Gasteiger partial charge is 0.206 e. The molecule has 3 aromatic heterocycles. The Morgan fingerprint density at radius 2 is 1.80 bits per heavy atom. The number of rotatable bonds is 5. The first-order valence-electron chi connectivity index (χ1n) is 5.78. The molecular formula is C13H11NO2S4. The normalized spacial score (nSPS) is 13.4. The maximum absolute atomic E-state index is 12.4. The molecule has 0 saturated heterocycles. The van der Waals surface area contributed by atoms with Gasteiger partial charge in [-0.15, -0.1) is 22.7 Å². The van der Waals surface area contributed by atoms with E-state index < -0.39 is 10.0 Å². The molecule has 3 rings (SSSR count). The van der Waals surface area contributed by atoms with Crippen LogP contribution in [0.4, 0.5) is 0 Å². The van der Waals surface area contributed by atoms with Gasteiger partial charge in [-0.25, -0.2) is 8.42 Å². The fourth-order valence-corrected chi connectivity index (χ4v) is 5.59. The van der Waals surface area contributed by atoms with Crippen LogP contribution in [-0.4, -0.2) is 8.42 Å². The predicted octanol–water partition coefficient (Wildman–Crippen LogP) is 3.94. The third-order valence-corrected chi connectivity index (χ3v) is 7.20. The van der Waals surface area contributed by atoms with Crippen molar-refractivity contribution in [2.75, 3.05) is 0 Å². The lowest BCUT2D eigenvalue weighted by molar-refractivity contribution is 0.575. The number of sulfonamides is 1. The molecule has 0 saturated carbocycles. The molecule has 0 unspecified atom stereocenters. The van der Waals surface area contributed by atoms with Gasteiger partial charge in [-0.05, 0) is 45.3 Å². The molecule has 3 aromatic rings. The van der Waals surface area contributed by atoms with Crippen LogP contribution in [-0.2, 0) is 10.0 Å². The minimum atomic E-state index is -3.49. The van der Waals surface area contributed by atoms with Crippen molar-refractivity contribution in [2.24, 2.45) is 0 Å². The lowest BCUT2D eigenvalue weighted by atomic mass is 10.1. The van der Waals surface area contributed by atoms with Crippen molar-refractivity contribution in [3.05, 3.63) is 62.3 Å². The fourth-order valence-electron chi connectivity index (χ4n) is 1.81.